The summed E-state index contributed by atoms with van der Waals surface area (Å²) >= 11 is 0. The van der Waals surface area contributed by atoms with Crippen LogP contribution in [0.4, 0.5) is 0 Å². The van der Waals surface area contributed by atoms with E-state index in [1.165, 1.54) is 5.56 Å². The van der Waals surface area contributed by atoms with Gasteiger partial charge in [-0.1, -0.05) is 37.3 Å². The molecule has 0 bridgehead atoms. The molecule has 2 aromatic carbocycles. The van der Waals surface area contributed by atoms with Gasteiger partial charge in [0.25, 0.3) is 0 Å². The second-order valence-electron chi connectivity index (χ2n) is 5.62. The molecule has 0 aliphatic rings. The lowest BCUT2D eigenvalue weighted by molar-refractivity contribution is -0.144. The molecule has 0 amide bonds. The Morgan fingerprint density at radius 1 is 1.00 bits per heavy atom. The Hall–Kier alpha value is -3.08. The first-order valence-electron chi connectivity index (χ1n) is 8.14. The largest absolute Gasteiger partial charge is 0.482 e. The molecule has 0 saturated carbocycles. The number of carbonyl (C=O) groups excluding carboxylic acids is 2. The molecule has 25 heavy (non-hydrogen) atoms. The van der Waals surface area contributed by atoms with Crippen molar-refractivity contribution in [3.05, 3.63) is 65.9 Å². The number of aromatic amines is 1. The fourth-order valence-corrected chi connectivity index (χ4v) is 2.53. The van der Waals surface area contributed by atoms with Gasteiger partial charge in [0.05, 0.1) is 0 Å². The topological polar surface area (TPSA) is 68.4 Å². The summed E-state index contributed by atoms with van der Waals surface area (Å²) < 4.78 is 10.4. The van der Waals surface area contributed by atoms with Gasteiger partial charge in [0, 0.05) is 22.7 Å². The number of nitrogens with one attached hydrogen (secondary N) is 1. The molecule has 128 valence electrons. The molecular weight excluding hydrogens is 318 g/mol. The number of benzene rings is 2. The van der Waals surface area contributed by atoms with Crippen LogP contribution in [-0.4, -0.2) is 30.0 Å². The quantitative estimate of drug-likeness (QED) is 0.529. The number of rotatable bonds is 7. The monoisotopic (exact) mass is 337 g/mol. The van der Waals surface area contributed by atoms with Crippen LogP contribution in [-0.2, 0) is 16.0 Å². The molecule has 5 nitrogen and oxygen atoms in total. The van der Waals surface area contributed by atoms with Crippen molar-refractivity contribution in [2.75, 3.05) is 13.2 Å². The molecule has 1 N–H and O–H groups in total. The molecule has 3 rings (SSSR count). The minimum absolute atomic E-state index is 0.230. The van der Waals surface area contributed by atoms with Gasteiger partial charge in [-0.25, -0.2) is 4.79 Å². The molecule has 0 saturated heterocycles. The van der Waals surface area contributed by atoms with E-state index in [1.54, 1.807) is 6.20 Å². The highest BCUT2D eigenvalue weighted by atomic mass is 16.6. The lowest BCUT2D eigenvalue weighted by Gasteiger charge is -2.07. The minimum atomic E-state index is -0.576. The van der Waals surface area contributed by atoms with Crippen molar-refractivity contribution in [3.8, 4) is 5.75 Å². The fraction of sp³-hybridized carbons (Fsp3) is 0.200. The molecule has 1 heterocycles. The zero-order chi connectivity index (χ0) is 17.6. The number of H-pyrrole nitrogens is 1. The number of esters is 1. The highest BCUT2D eigenvalue weighted by molar-refractivity contribution is 6.08. The Labute approximate surface area is 145 Å². The summed E-state index contributed by atoms with van der Waals surface area (Å²) in [4.78, 5) is 27.0. The van der Waals surface area contributed by atoms with Crippen LogP contribution >= 0.6 is 0 Å². The maximum absolute atomic E-state index is 12.2. The Bertz CT molecular complexity index is 880. The second-order valence-corrected chi connectivity index (χ2v) is 5.62. The van der Waals surface area contributed by atoms with E-state index in [2.05, 4.69) is 11.9 Å². The van der Waals surface area contributed by atoms with Crippen molar-refractivity contribution in [2.45, 2.75) is 13.3 Å². The number of aryl methyl sites for hydroxylation is 1. The number of fused-ring (bicyclic) bond motifs is 1. The summed E-state index contributed by atoms with van der Waals surface area (Å²) in [6.07, 6.45) is 2.57. The molecule has 5 heteroatoms. The average molecular weight is 337 g/mol. The predicted molar refractivity (Wildman–Crippen MR) is 94.9 cm³/mol. The number of para-hydroxylation sites is 1. The third-order valence-electron chi connectivity index (χ3n) is 3.94. The van der Waals surface area contributed by atoms with E-state index in [-0.39, 0.29) is 19.0 Å². The van der Waals surface area contributed by atoms with Crippen molar-refractivity contribution in [1.29, 1.82) is 0 Å². The van der Waals surface area contributed by atoms with Gasteiger partial charge in [-0.05, 0) is 30.2 Å². The number of carbonyl (C=O) groups is 2. The summed E-state index contributed by atoms with van der Waals surface area (Å²) in [5, 5.41) is 0.816. The molecule has 0 aliphatic heterocycles. The first kappa shape index (κ1) is 16.8. The maximum Gasteiger partial charge on any atom is 0.344 e. The van der Waals surface area contributed by atoms with Crippen molar-refractivity contribution in [2.24, 2.45) is 0 Å². The van der Waals surface area contributed by atoms with Crippen LogP contribution < -0.4 is 4.74 Å². The molecule has 0 unspecified atom stereocenters. The van der Waals surface area contributed by atoms with Gasteiger partial charge >= 0.3 is 5.97 Å². The van der Waals surface area contributed by atoms with Crippen LogP contribution in [0.25, 0.3) is 10.9 Å². The van der Waals surface area contributed by atoms with Crippen LogP contribution in [0.15, 0.2) is 54.7 Å². The predicted octanol–water partition coefficient (Wildman–Crippen LogP) is 3.54. The van der Waals surface area contributed by atoms with Gasteiger partial charge in [-0.15, -0.1) is 0 Å². The van der Waals surface area contributed by atoms with Gasteiger partial charge in [0.15, 0.2) is 13.2 Å². The van der Waals surface area contributed by atoms with Crippen LogP contribution in [0, 0.1) is 0 Å². The SMILES string of the molecule is CCc1ccc(OCC(=O)OCC(=O)c2c[nH]c3ccccc23)cc1. The Kier molecular flexibility index (Phi) is 5.14. The summed E-state index contributed by atoms with van der Waals surface area (Å²) in [6, 6.07) is 15.0. The summed E-state index contributed by atoms with van der Waals surface area (Å²) in [6.45, 7) is 1.53. The molecule has 0 atom stereocenters. The van der Waals surface area contributed by atoms with Gasteiger partial charge in [0.2, 0.25) is 5.78 Å². The first-order chi connectivity index (χ1) is 12.2. The first-order valence-corrected chi connectivity index (χ1v) is 8.14. The summed E-state index contributed by atoms with van der Waals surface area (Å²) in [5.41, 5.74) is 2.58. The third-order valence-corrected chi connectivity index (χ3v) is 3.94. The third kappa shape index (κ3) is 4.07. The molecule has 3 aromatic rings. The van der Waals surface area contributed by atoms with E-state index in [0.29, 0.717) is 11.3 Å². The van der Waals surface area contributed by atoms with Crippen LogP contribution in [0.2, 0.25) is 0 Å². The van der Waals surface area contributed by atoms with Crippen LogP contribution in [0.1, 0.15) is 22.8 Å². The van der Waals surface area contributed by atoms with E-state index in [0.717, 1.165) is 17.3 Å². The second kappa shape index (κ2) is 7.66. The summed E-state index contributed by atoms with van der Waals surface area (Å²) in [7, 11) is 0. The zero-order valence-corrected chi connectivity index (χ0v) is 14.0. The maximum atomic E-state index is 12.2. The molecule has 0 spiro atoms. The van der Waals surface area contributed by atoms with Crippen molar-refractivity contribution in [3.63, 3.8) is 0 Å². The Balaban J connectivity index is 1.50. The average Bonchev–Trinajstić information content (AvgIpc) is 3.09. The highest BCUT2D eigenvalue weighted by Gasteiger charge is 2.14. The number of ether oxygens (including phenoxy) is 2. The van der Waals surface area contributed by atoms with E-state index in [9.17, 15) is 9.59 Å². The fourth-order valence-electron chi connectivity index (χ4n) is 2.53. The zero-order valence-electron chi connectivity index (χ0n) is 14.0. The lowest BCUT2D eigenvalue weighted by atomic mass is 10.1. The standard InChI is InChI=1S/C20H19NO4/c1-2-14-7-9-15(10-8-14)24-13-20(23)25-12-19(22)17-11-21-18-6-4-3-5-16(17)18/h3-11,21H,2,12-13H2,1H3. The van der Waals surface area contributed by atoms with Gasteiger partial charge in [0.1, 0.15) is 5.75 Å². The normalized spacial score (nSPS) is 10.6. The van der Waals surface area contributed by atoms with Crippen molar-refractivity contribution in [1.82, 2.24) is 4.98 Å². The number of hydrogen-bond acceptors (Lipinski definition) is 4. The number of hydrogen-bond donors (Lipinski definition) is 1. The van der Waals surface area contributed by atoms with Gasteiger partial charge in [-0.3, -0.25) is 4.79 Å². The number of Topliss-reactive ketones (excluding diaryl/α,β-unsaturated/α-hetero) is 1. The summed E-state index contributed by atoms with van der Waals surface area (Å²) in [5.74, 6) is -0.233. The number of aromatic nitrogens is 1. The van der Waals surface area contributed by atoms with E-state index < -0.39 is 5.97 Å². The molecule has 0 aliphatic carbocycles. The van der Waals surface area contributed by atoms with E-state index in [1.807, 2.05) is 48.5 Å². The van der Waals surface area contributed by atoms with E-state index in [4.69, 9.17) is 9.47 Å². The smallest absolute Gasteiger partial charge is 0.344 e. The highest BCUT2D eigenvalue weighted by Crippen LogP contribution is 2.18. The van der Waals surface area contributed by atoms with E-state index >= 15 is 0 Å². The van der Waals surface area contributed by atoms with Crippen molar-refractivity contribution >= 4 is 22.7 Å². The molecule has 0 radical (unpaired) electrons. The lowest BCUT2D eigenvalue weighted by Crippen LogP contribution is -2.19. The Morgan fingerprint density at radius 3 is 2.52 bits per heavy atom. The Morgan fingerprint density at radius 2 is 1.76 bits per heavy atom. The van der Waals surface area contributed by atoms with Crippen molar-refractivity contribution < 1.29 is 19.1 Å². The molecular formula is C20H19NO4. The van der Waals surface area contributed by atoms with Gasteiger partial charge < -0.3 is 14.5 Å². The molecule has 0 fully saturated rings. The van der Waals surface area contributed by atoms with Crippen LogP contribution in [0.5, 0.6) is 5.75 Å². The molecule has 1 aromatic heterocycles. The van der Waals surface area contributed by atoms with Gasteiger partial charge in [-0.2, -0.15) is 0 Å². The minimum Gasteiger partial charge on any atom is -0.482 e. The number of ketones is 1. The van der Waals surface area contributed by atoms with Crippen LogP contribution in [0.3, 0.4) is 0 Å².